The van der Waals surface area contributed by atoms with Crippen molar-refractivity contribution >= 4 is 12.0 Å². The Labute approximate surface area is 144 Å². The van der Waals surface area contributed by atoms with E-state index in [9.17, 15) is 4.79 Å². The highest BCUT2D eigenvalue weighted by Gasteiger charge is 2.06. The van der Waals surface area contributed by atoms with Gasteiger partial charge in [0.15, 0.2) is 0 Å². The molecule has 24 heavy (non-hydrogen) atoms. The van der Waals surface area contributed by atoms with Crippen LogP contribution in [0, 0.1) is 0 Å². The monoisotopic (exact) mass is 323 g/mol. The minimum absolute atomic E-state index is 0.117. The molecule has 0 aromatic heterocycles. The van der Waals surface area contributed by atoms with Gasteiger partial charge in [-0.1, -0.05) is 56.2 Å². The molecule has 1 N–H and O–H groups in total. The van der Waals surface area contributed by atoms with Gasteiger partial charge in [-0.2, -0.15) is 0 Å². The molecule has 3 nitrogen and oxygen atoms in total. The smallest absolute Gasteiger partial charge is 0.243 e. The van der Waals surface area contributed by atoms with Crippen molar-refractivity contribution in [2.24, 2.45) is 0 Å². The molecule has 0 aliphatic carbocycles. The van der Waals surface area contributed by atoms with Gasteiger partial charge in [0, 0.05) is 13.1 Å². The molecular weight excluding hydrogens is 298 g/mol. The molecule has 0 spiro atoms. The van der Waals surface area contributed by atoms with Crippen LogP contribution >= 0.6 is 0 Å². The molecule has 0 radical (unpaired) electrons. The molecule has 3 heteroatoms. The number of carbonyl (C=O) groups is 1. The molecule has 0 heterocycles. The second-order valence-corrected chi connectivity index (χ2v) is 5.62. The van der Waals surface area contributed by atoms with Crippen LogP contribution < -0.4 is 10.1 Å². The van der Waals surface area contributed by atoms with E-state index in [1.807, 2.05) is 42.5 Å². The summed E-state index contributed by atoms with van der Waals surface area (Å²) in [5.74, 6) is 0.746. The van der Waals surface area contributed by atoms with Gasteiger partial charge in [-0.25, -0.2) is 0 Å². The van der Waals surface area contributed by atoms with Crippen LogP contribution in [0.5, 0.6) is 5.75 Å². The van der Waals surface area contributed by atoms with E-state index >= 15 is 0 Å². The first kappa shape index (κ1) is 17.8. The first-order valence-electron chi connectivity index (χ1n) is 8.46. The van der Waals surface area contributed by atoms with Crippen LogP contribution in [0.2, 0.25) is 0 Å². The van der Waals surface area contributed by atoms with Crippen molar-refractivity contribution < 1.29 is 9.53 Å². The van der Waals surface area contributed by atoms with Crippen molar-refractivity contribution in [3.05, 3.63) is 60.2 Å². The summed E-state index contributed by atoms with van der Waals surface area (Å²) in [5, 5.41) is 2.60. The standard InChI is InChI=1S/C21H25NO2/c1-3-4-8-15-24-19-13-11-18(12-14-21(23)22-2)20(16-19)17-9-6-5-7-10-17/h5-7,9-14,16H,3-4,8,15H2,1-2H3,(H,22,23)/b14-12+. The molecule has 0 bridgehead atoms. The van der Waals surface area contributed by atoms with E-state index in [1.165, 1.54) is 12.8 Å². The number of nitrogens with one attached hydrogen (secondary N) is 1. The van der Waals surface area contributed by atoms with E-state index in [-0.39, 0.29) is 5.91 Å². The lowest BCUT2D eigenvalue weighted by atomic mass is 9.99. The molecule has 2 aromatic rings. The quantitative estimate of drug-likeness (QED) is 0.566. The second kappa shape index (κ2) is 9.56. The minimum atomic E-state index is -0.117. The van der Waals surface area contributed by atoms with E-state index in [0.29, 0.717) is 0 Å². The van der Waals surface area contributed by atoms with E-state index in [4.69, 9.17) is 4.74 Å². The van der Waals surface area contributed by atoms with Gasteiger partial charge in [0.25, 0.3) is 0 Å². The Morgan fingerprint density at radius 3 is 2.62 bits per heavy atom. The highest BCUT2D eigenvalue weighted by molar-refractivity contribution is 5.93. The zero-order valence-corrected chi connectivity index (χ0v) is 14.4. The number of likely N-dealkylation sites (N-methyl/N-ethyl adjacent to an activating group) is 1. The van der Waals surface area contributed by atoms with Crippen molar-refractivity contribution in [2.45, 2.75) is 26.2 Å². The van der Waals surface area contributed by atoms with Crippen LogP contribution in [0.15, 0.2) is 54.6 Å². The van der Waals surface area contributed by atoms with Gasteiger partial charge >= 0.3 is 0 Å². The summed E-state index contributed by atoms with van der Waals surface area (Å²) < 4.78 is 5.87. The van der Waals surface area contributed by atoms with E-state index in [2.05, 4.69) is 24.4 Å². The van der Waals surface area contributed by atoms with Crippen LogP contribution in [0.4, 0.5) is 0 Å². The van der Waals surface area contributed by atoms with Crippen LogP contribution in [-0.4, -0.2) is 19.6 Å². The molecule has 0 fully saturated rings. The van der Waals surface area contributed by atoms with Gasteiger partial charge in [-0.05, 0) is 41.3 Å². The summed E-state index contributed by atoms with van der Waals surface area (Å²) in [6, 6.07) is 16.1. The molecule has 2 aromatic carbocycles. The van der Waals surface area contributed by atoms with Gasteiger partial charge in [-0.3, -0.25) is 4.79 Å². The molecule has 0 saturated heterocycles. The third-order valence-corrected chi connectivity index (χ3v) is 3.79. The normalized spacial score (nSPS) is 10.8. The number of unbranched alkanes of at least 4 members (excludes halogenated alkanes) is 2. The maximum absolute atomic E-state index is 11.5. The van der Waals surface area contributed by atoms with E-state index in [0.717, 1.165) is 35.5 Å². The van der Waals surface area contributed by atoms with Crippen molar-refractivity contribution in [2.75, 3.05) is 13.7 Å². The average Bonchev–Trinajstić information content (AvgIpc) is 2.64. The molecule has 0 atom stereocenters. The molecule has 0 unspecified atom stereocenters. The molecule has 126 valence electrons. The predicted octanol–water partition coefficient (Wildman–Crippen LogP) is 4.68. The zero-order chi connectivity index (χ0) is 17.2. The maximum atomic E-state index is 11.5. The highest BCUT2D eigenvalue weighted by Crippen LogP contribution is 2.29. The van der Waals surface area contributed by atoms with Gasteiger partial charge in [0.05, 0.1) is 6.61 Å². The van der Waals surface area contributed by atoms with Crippen LogP contribution in [0.25, 0.3) is 17.2 Å². The highest BCUT2D eigenvalue weighted by atomic mass is 16.5. The topological polar surface area (TPSA) is 38.3 Å². The average molecular weight is 323 g/mol. The Morgan fingerprint density at radius 1 is 1.12 bits per heavy atom. The summed E-state index contributed by atoms with van der Waals surface area (Å²) in [6.07, 6.45) is 6.81. The van der Waals surface area contributed by atoms with Gasteiger partial charge in [0.2, 0.25) is 5.91 Å². The molecule has 1 amide bonds. The number of hydrogen-bond acceptors (Lipinski definition) is 2. The Balaban J connectivity index is 2.26. The molecule has 0 aliphatic heterocycles. The van der Waals surface area contributed by atoms with Gasteiger partial charge in [-0.15, -0.1) is 0 Å². The third kappa shape index (κ3) is 5.27. The number of benzene rings is 2. The predicted molar refractivity (Wildman–Crippen MR) is 100.0 cm³/mol. The summed E-state index contributed by atoms with van der Waals surface area (Å²) in [4.78, 5) is 11.5. The Kier molecular flexibility index (Phi) is 7.09. The fourth-order valence-electron chi connectivity index (χ4n) is 2.43. The van der Waals surface area contributed by atoms with Gasteiger partial charge in [0.1, 0.15) is 5.75 Å². The number of amides is 1. The Morgan fingerprint density at radius 2 is 1.92 bits per heavy atom. The van der Waals surface area contributed by atoms with Crippen LogP contribution in [-0.2, 0) is 4.79 Å². The zero-order valence-electron chi connectivity index (χ0n) is 14.4. The number of carbonyl (C=O) groups excluding carboxylic acids is 1. The van der Waals surface area contributed by atoms with Crippen LogP contribution in [0.1, 0.15) is 31.7 Å². The number of rotatable bonds is 8. The van der Waals surface area contributed by atoms with E-state index < -0.39 is 0 Å². The first-order valence-corrected chi connectivity index (χ1v) is 8.46. The van der Waals surface area contributed by atoms with Crippen molar-refractivity contribution in [3.63, 3.8) is 0 Å². The Bertz CT molecular complexity index is 677. The molecule has 0 saturated carbocycles. The fourth-order valence-corrected chi connectivity index (χ4v) is 2.43. The number of hydrogen-bond donors (Lipinski definition) is 1. The fraction of sp³-hybridized carbons (Fsp3) is 0.286. The number of ether oxygens (including phenoxy) is 1. The lowest BCUT2D eigenvalue weighted by Gasteiger charge is -2.11. The lowest BCUT2D eigenvalue weighted by molar-refractivity contribution is -0.115. The largest absolute Gasteiger partial charge is 0.494 e. The van der Waals surface area contributed by atoms with Crippen molar-refractivity contribution in [1.29, 1.82) is 0 Å². The summed E-state index contributed by atoms with van der Waals surface area (Å²) >= 11 is 0. The summed E-state index contributed by atoms with van der Waals surface area (Å²) in [7, 11) is 1.62. The maximum Gasteiger partial charge on any atom is 0.243 e. The van der Waals surface area contributed by atoms with E-state index in [1.54, 1.807) is 13.1 Å². The SMILES string of the molecule is CCCCCOc1ccc(/C=C/C(=O)NC)c(-c2ccccc2)c1. The second-order valence-electron chi connectivity index (χ2n) is 5.62. The molecule has 2 rings (SSSR count). The lowest BCUT2D eigenvalue weighted by Crippen LogP contribution is -2.13. The van der Waals surface area contributed by atoms with Crippen molar-refractivity contribution in [1.82, 2.24) is 5.32 Å². The summed E-state index contributed by atoms with van der Waals surface area (Å²) in [5.41, 5.74) is 3.16. The third-order valence-electron chi connectivity index (χ3n) is 3.79. The first-order chi connectivity index (χ1) is 11.7. The Hall–Kier alpha value is -2.55. The van der Waals surface area contributed by atoms with Gasteiger partial charge < -0.3 is 10.1 Å². The minimum Gasteiger partial charge on any atom is -0.494 e. The van der Waals surface area contributed by atoms with Crippen molar-refractivity contribution in [3.8, 4) is 16.9 Å². The van der Waals surface area contributed by atoms with Crippen LogP contribution in [0.3, 0.4) is 0 Å². The summed E-state index contributed by atoms with van der Waals surface area (Å²) in [6.45, 7) is 2.91. The molecular formula is C21H25NO2. The molecule has 0 aliphatic rings.